The molecule has 0 bridgehead atoms. The van der Waals surface area contributed by atoms with Crippen LogP contribution in [0.15, 0.2) is 80.2 Å². The number of carbonyl (C=O) groups excluding carboxylic acids is 1. The zero-order valence-corrected chi connectivity index (χ0v) is 71.3. The Kier molecular flexibility index (Phi) is 46.7. The van der Waals surface area contributed by atoms with Gasteiger partial charge in [0.1, 0.15) is 5.40 Å². The number of benzene rings is 1. The van der Waals surface area contributed by atoms with Crippen molar-refractivity contribution >= 4 is 190 Å². The van der Waals surface area contributed by atoms with E-state index in [-0.39, 0.29) is 11.3 Å². The molecule has 6 aromatic rings. The van der Waals surface area contributed by atoms with Crippen LogP contribution in [-0.2, 0) is 23.7 Å². The fourth-order valence-electron chi connectivity index (χ4n) is 11.6. The van der Waals surface area contributed by atoms with Crippen molar-refractivity contribution in [3.05, 3.63) is 74.8 Å². The summed E-state index contributed by atoms with van der Waals surface area (Å²) in [5.74, 6) is 8.95. The van der Waals surface area contributed by atoms with Crippen LogP contribution in [0.5, 0.6) is 0 Å². The monoisotopic (exact) mass is 1770 g/mol. The number of hydrogen-bond donors (Lipinski definition) is 6. The molecule has 0 unspecified atom stereocenters. The van der Waals surface area contributed by atoms with Gasteiger partial charge in [0.2, 0.25) is 0 Å². The van der Waals surface area contributed by atoms with E-state index in [4.69, 9.17) is 57.7 Å². The van der Waals surface area contributed by atoms with Crippen molar-refractivity contribution in [3.8, 4) is 5.40 Å². The molecule has 8 aliphatic rings. The predicted molar refractivity (Wildman–Crippen MR) is 447 cm³/mol. The summed E-state index contributed by atoms with van der Waals surface area (Å²) < 4.78 is 33.7. The molecule has 1 aromatic carbocycles. The van der Waals surface area contributed by atoms with Gasteiger partial charge in [-0.2, -0.15) is 5.26 Å². The standard InChI is InChI=1S/C15H24N2OS2.C14H23N3OS2.C9H12BrNOS2.C9H14N2OS2.C7H4ClNO3.C6H11BrO.C6H13N.C4H3N3S2/c1-2-4-13(5-3-1)17-15-16-10-14(20-15)19-11-12-6-8-18-9-7-12;1-2-12(8-15-5-1)17-14-16-9-13(20-14)19-10-11-3-6-18-7-4-11;2*10-9-11-5-8(14-9)13-6-7-1-3-12-4-2-7;8-7(10)5-1-3-6(4-2-5)9(11)12;7-5-6-1-3-8-4-2-6;7-6-4-2-1-3-5-6;5-2-8-3-1-7-4(6)9-3/h10,12-13H,1-9,11H2,(H,16,17);9,11-12,15H,1-8,10H2,(H,16,17);5,7H,1-4,6H2;5,7H,1-4,6H2,(H2,10,11);1-4H;6H,1-5H2;6H,1-5,7H2;1H,(H2,6,7)/t;12-;;;;;;/m.1....../s1. The van der Waals surface area contributed by atoms with E-state index in [0.717, 1.165) is 144 Å². The number of thioether (sulfide) groups is 5. The number of rotatable bonds is 20. The number of hydrogen-bond acceptors (Lipinski definition) is 30. The van der Waals surface area contributed by atoms with Gasteiger partial charge in [-0.1, -0.05) is 99.8 Å². The molecule has 34 heteroatoms. The Morgan fingerprint density at radius 2 is 0.933 bits per heavy atom. The molecule has 9 N–H and O–H groups in total. The van der Waals surface area contributed by atoms with E-state index in [1.807, 2.05) is 88.6 Å². The normalized spacial score (nSPS) is 19.4. The number of nitrogens with zero attached hydrogens (tertiary/aromatic N) is 7. The maximum atomic E-state index is 10.5. The first-order valence-electron chi connectivity index (χ1n) is 36.2. The summed E-state index contributed by atoms with van der Waals surface area (Å²) in [4.78, 5) is 41.2. The summed E-state index contributed by atoms with van der Waals surface area (Å²) in [7, 11) is 0. The number of alkyl halides is 1. The van der Waals surface area contributed by atoms with Gasteiger partial charge in [-0.25, -0.2) is 24.9 Å². The van der Waals surface area contributed by atoms with Crippen LogP contribution in [0.1, 0.15) is 152 Å². The number of nitriles is 1. The van der Waals surface area contributed by atoms with Gasteiger partial charge >= 0.3 is 0 Å². The number of anilines is 4. The van der Waals surface area contributed by atoms with Crippen molar-refractivity contribution in [2.45, 2.75) is 180 Å². The fourth-order valence-corrected chi connectivity index (χ4v) is 22.7. The number of aromatic nitrogens is 5. The summed E-state index contributed by atoms with van der Waals surface area (Å²) in [5, 5.41) is 34.8. The van der Waals surface area contributed by atoms with Crippen LogP contribution in [0.4, 0.5) is 26.2 Å². The highest BCUT2D eigenvalue weighted by molar-refractivity contribution is 9.11. The second-order valence-electron chi connectivity index (χ2n) is 25.9. The number of thiocyanates is 1. The van der Waals surface area contributed by atoms with E-state index in [0.29, 0.717) is 28.4 Å². The molecule has 2 saturated carbocycles. The number of carbonyl (C=O) groups is 1. The van der Waals surface area contributed by atoms with Gasteiger partial charge in [-0.15, -0.1) is 58.4 Å². The minimum Gasteiger partial charge on any atom is -0.381 e. The third kappa shape index (κ3) is 39.2. The molecule has 6 saturated heterocycles. The Morgan fingerprint density at radius 1 is 0.548 bits per heavy atom. The number of nitro groups is 1. The van der Waals surface area contributed by atoms with Crippen LogP contribution in [0.2, 0.25) is 0 Å². The van der Waals surface area contributed by atoms with E-state index >= 15 is 0 Å². The Hall–Kier alpha value is -2.15. The Balaban J connectivity index is 0.000000170. The largest absolute Gasteiger partial charge is 0.381 e. The average molecular weight is 1770 g/mol. The van der Waals surface area contributed by atoms with Crippen LogP contribution >= 0.6 is 159 Å². The highest BCUT2D eigenvalue weighted by Gasteiger charge is 2.21. The number of nitrogens with two attached hydrogens (primary N) is 3. The van der Waals surface area contributed by atoms with Crippen LogP contribution in [0, 0.1) is 50.4 Å². The smallest absolute Gasteiger partial charge is 0.269 e. The minimum atomic E-state index is -0.620. The fraction of sp³-hybridized carbons (Fsp3) is 0.671. The number of piperidine rings is 1. The number of thiazole rings is 5. The zero-order valence-electron chi connectivity index (χ0n) is 59.2. The molecule has 578 valence electrons. The molecule has 21 nitrogen and oxygen atoms in total. The lowest BCUT2D eigenvalue weighted by molar-refractivity contribution is -0.384. The summed E-state index contributed by atoms with van der Waals surface area (Å²) in [5.41, 5.74) is 16.7. The molecule has 8 fully saturated rings. The lowest BCUT2D eigenvalue weighted by Gasteiger charge is -2.23. The van der Waals surface area contributed by atoms with Gasteiger partial charge in [0.05, 0.1) is 57.0 Å². The molecular weight excluding hydrogens is 1670 g/mol. The molecule has 14 rings (SSSR count). The Bertz CT molecular complexity index is 3090. The molecule has 5 aromatic heterocycles. The quantitative estimate of drug-likeness (QED) is 0.0103. The lowest BCUT2D eigenvalue weighted by atomic mass is 9.96. The molecule has 6 aliphatic heterocycles. The summed E-state index contributed by atoms with van der Waals surface area (Å²) in [6.45, 7) is 11.7. The molecule has 104 heavy (non-hydrogen) atoms. The highest BCUT2D eigenvalue weighted by Crippen LogP contribution is 2.37. The van der Waals surface area contributed by atoms with Crippen molar-refractivity contribution in [3.63, 3.8) is 0 Å². The molecule has 2 aliphatic carbocycles. The molecule has 0 radical (unpaired) electrons. The first-order chi connectivity index (χ1) is 50.7. The van der Waals surface area contributed by atoms with Crippen molar-refractivity contribution in [2.24, 2.45) is 35.3 Å². The third-order valence-corrected chi connectivity index (χ3v) is 30.4. The lowest BCUT2D eigenvalue weighted by Crippen LogP contribution is -2.38. The first kappa shape index (κ1) is 89.1. The van der Waals surface area contributed by atoms with Crippen LogP contribution in [-0.4, -0.2) is 161 Å². The number of non-ortho nitro benzene ring substituents is 1. The topological polar surface area (TPSA) is 309 Å². The third-order valence-electron chi connectivity index (χ3n) is 17.9. The van der Waals surface area contributed by atoms with Crippen LogP contribution in [0.3, 0.4) is 0 Å². The Labute approximate surface area is 678 Å². The van der Waals surface area contributed by atoms with Gasteiger partial charge in [0.25, 0.3) is 10.9 Å². The van der Waals surface area contributed by atoms with Gasteiger partial charge in [-0.3, -0.25) is 14.9 Å². The highest BCUT2D eigenvalue weighted by atomic mass is 79.9. The predicted octanol–water partition coefficient (Wildman–Crippen LogP) is 19.3. The van der Waals surface area contributed by atoms with Gasteiger partial charge in [0.15, 0.2) is 24.4 Å². The summed E-state index contributed by atoms with van der Waals surface area (Å²) in [6, 6.07) is 6.83. The van der Waals surface area contributed by atoms with Gasteiger partial charge in [0, 0.05) is 149 Å². The van der Waals surface area contributed by atoms with E-state index in [9.17, 15) is 14.9 Å². The molecule has 1 atom stereocenters. The molecule has 0 spiro atoms. The van der Waals surface area contributed by atoms with Gasteiger partial charge < -0.3 is 56.8 Å². The molecule has 0 amide bonds. The van der Waals surface area contributed by atoms with E-state index in [1.54, 1.807) is 40.2 Å². The average Bonchev–Trinajstić information content (AvgIpc) is 1.73. The first-order valence-corrected chi connectivity index (χ1v) is 47.3. The van der Waals surface area contributed by atoms with Crippen LogP contribution in [0.25, 0.3) is 0 Å². The van der Waals surface area contributed by atoms with Crippen molar-refractivity contribution in [2.75, 3.05) is 130 Å². The number of nitrogens with one attached hydrogen (secondary N) is 3. The second-order valence-corrected chi connectivity index (χ2v) is 39.8. The van der Waals surface area contributed by atoms with Gasteiger partial charge in [-0.05, 0) is 179 Å². The van der Waals surface area contributed by atoms with Crippen LogP contribution < -0.4 is 33.2 Å². The number of halogens is 3. The summed E-state index contributed by atoms with van der Waals surface area (Å²) in [6.07, 6.45) is 37.6. The number of nitrogen functional groups attached to an aromatic ring is 2. The van der Waals surface area contributed by atoms with Crippen molar-refractivity contribution < 1.29 is 33.4 Å². The SMILES string of the molecule is BrCC1CCOCC1.Brc1ncc(SCC2CCOCC2)s1.N#CSc1cnc(N)s1.NC1CCCCC1.Nc1ncc(SCC2CCOCC2)s1.O=C(Cl)c1ccc([N+](=O)[O-])cc1.c1nc(NC2CCCCC2)sc1SCC1CCOCC1.c1nc(N[C@@H]2CCCNC2)sc1SCC1CCOCC1. The maximum absolute atomic E-state index is 10.5. The van der Waals surface area contributed by atoms with Crippen molar-refractivity contribution in [1.82, 2.24) is 30.2 Å². The van der Waals surface area contributed by atoms with Crippen molar-refractivity contribution in [1.29, 1.82) is 5.26 Å². The molecular formula is C70H104Br2ClN13O8S10. The van der Waals surface area contributed by atoms with E-state index < -0.39 is 10.2 Å². The number of nitro benzene ring substituents is 1. The minimum absolute atomic E-state index is 0.0586. The second kappa shape index (κ2) is 54.5. The summed E-state index contributed by atoms with van der Waals surface area (Å²) >= 11 is 29.0. The van der Waals surface area contributed by atoms with E-state index in [1.165, 1.54) is 217 Å². The Morgan fingerprint density at radius 3 is 1.28 bits per heavy atom. The number of ether oxygens (including phenoxy) is 5. The van der Waals surface area contributed by atoms with E-state index in [2.05, 4.69) is 72.7 Å². The maximum Gasteiger partial charge on any atom is 0.269 e. The zero-order chi connectivity index (χ0) is 73.6. The molecule has 11 heterocycles.